The Morgan fingerprint density at radius 3 is 2.85 bits per heavy atom. The van der Waals surface area contributed by atoms with Crippen LogP contribution in [0, 0.1) is 0 Å². The van der Waals surface area contributed by atoms with Gasteiger partial charge in [0, 0.05) is 59.1 Å². The van der Waals surface area contributed by atoms with Crippen LogP contribution < -0.4 is 15.0 Å². The Kier molecular flexibility index (Phi) is 6.42. The van der Waals surface area contributed by atoms with E-state index in [4.69, 9.17) is 14.7 Å². The summed E-state index contributed by atoms with van der Waals surface area (Å²) in [4.78, 5) is 14.8. The number of rotatable bonds is 5. The van der Waals surface area contributed by atoms with Crippen LogP contribution in [0.2, 0.25) is 0 Å². The minimum atomic E-state index is -0.783. The summed E-state index contributed by atoms with van der Waals surface area (Å²) in [6.07, 6.45) is 7.37. The fraction of sp³-hybridized carbons (Fsp3) is 0.562. The minimum absolute atomic E-state index is 0.231. The first kappa shape index (κ1) is 26.2. The zero-order valence-electron chi connectivity index (χ0n) is 23.3. The van der Waals surface area contributed by atoms with E-state index in [1.54, 1.807) is 0 Å². The van der Waals surface area contributed by atoms with Gasteiger partial charge in [-0.1, -0.05) is 28.1 Å². The van der Waals surface area contributed by atoms with Crippen molar-refractivity contribution in [3.8, 4) is 11.8 Å². The molecule has 5 aliphatic heterocycles. The first-order valence-corrected chi connectivity index (χ1v) is 16.1. The predicted octanol–water partition coefficient (Wildman–Crippen LogP) is 5.61. The van der Waals surface area contributed by atoms with E-state index >= 15 is 0 Å². The maximum absolute atomic E-state index is 14.4. The lowest BCUT2D eigenvalue weighted by atomic mass is 9.85. The molecule has 0 amide bonds. The van der Waals surface area contributed by atoms with Crippen molar-refractivity contribution < 1.29 is 14.2 Å². The van der Waals surface area contributed by atoms with E-state index in [9.17, 15) is 9.50 Å². The molecule has 0 saturated carbocycles. The van der Waals surface area contributed by atoms with Gasteiger partial charge in [0.15, 0.2) is 0 Å². The molecule has 2 aromatic carbocycles. The second-order valence-corrected chi connectivity index (χ2v) is 13.8. The lowest BCUT2D eigenvalue weighted by Crippen LogP contribution is -2.43. The number of hydrogen-bond acceptors (Lipinski definition) is 7. The van der Waals surface area contributed by atoms with Gasteiger partial charge in [-0.3, -0.25) is 4.90 Å². The van der Waals surface area contributed by atoms with E-state index < -0.39 is 6.17 Å². The molecule has 7 nitrogen and oxygen atoms in total. The molecule has 41 heavy (non-hydrogen) atoms. The van der Waals surface area contributed by atoms with Gasteiger partial charge in [-0.15, -0.1) is 0 Å². The second kappa shape index (κ2) is 10.1. The van der Waals surface area contributed by atoms with Crippen LogP contribution in [0.1, 0.15) is 67.8 Å². The van der Waals surface area contributed by atoms with Crippen LogP contribution >= 0.6 is 15.9 Å². The summed E-state index contributed by atoms with van der Waals surface area (Å²) in [6, 6.07) is 11.3. The molecule has 1 unspecified atom stereocenters. The van der Waals surface area contributed by atoms with Gasteiger partial charge >= 0.3 is 6.01 Å². The van der Waals surface area contributed by atoms with Crippen LogP contribution in [0.15, 0.2) is 34.8 Å². The quantitative estimate of drug-likeness (QED) is 0.383. The van der Waals surface area contributed by atoms with Crippen LogP contribution in [-0.4, -0.2) is 70.0 Å². The molecule has 5 aliphatic rings. The number of nitrogens with zero attached hydrogens (tertiary/aromatic N) is 4. The predicted molar refractivity (Wildman–Crippen MR) is 161 cm³/mol. The average molecular weight is 623 g/mol. The zero-order chi connectivity index (χ0) is 27.7. The first-order valence-electron chi connectivity index (χ1n) is 15.3. The molecule has 8 rings (SSSR count). The number of phenolic OH excluding ortho intramolecular Hbond substituents is 1. The highest BCUT2D eigenvalue weighted by atomic mass is 79.9. The summed E-state index contributed by atoms with van der Waals surface area (Å²) < 4.78 is 21.9. The lowest BCUT2D eigenvalue weighted by molar-refractivity contribution is 0.106. The van der Waals surface area contributed by atoms with Crippen molar-refractivity contribution in [3.05, 3.63) is 51.8 Å². The normalized spacial score (nSPS) is 31.0. The Balaban J connectivity index is 1.15. The van der Waals surface area contributed by atoms with Crippen molar-refractivity contribution in [1.29, 1.82) is 0 Å². The highest BCUT2D eigenvalue weighted by molar-refractivity contribution is 9.10. The van der Waals surface area contributed by atoms with Gasteiger partial charge in [0.1, 0.15) is 18.5 Å². The van der Waals surface area contributed by atoms with Crippen LogP contribution in [0.3, 0.4) is 0 Å². The molecular weight excluding hydrogens is 585 g/mol. The fourth-order valence-corrected chi connectivity index (χ4v) is 9.15. The summed E-state index contributed by atoms with van der Waals surface area (Å²) in [7, 11) is 0. The number of piperidine rings is 1. The molecule has 4 saturated heterocycles. The number of anilines is 1. The van der Waals surface area contributed by atoms with E-state index in [2.05, 4.69) is 37.1 Å². The number of halogens is 2. The Morgan fingerprint density at radius 2 is 2.00 bits per heavy atom. The number of ether oxygens (including phenoxy) is 1. The van der Waals surface area contributed by atoms with Crippen LogP contribution in [-0.2, 0) is 13.0 Å². The monoisotopic (exact) mass is 621 g/mol. The molecule has 6 heterocycles. The maximum Gasteiger partial charge on any atom is 0.316 e. The molecule has 2 N–H and O–H groups in total. The summed E-state index contributed by atoms with van der Waals surface area (Å²) in [5, 5.41) is 16.5. The van der Waals surface area contributed by atoms with Gasteiger partial charge in [-0.25, -0.2) is 4.39 Å². The third-order valence-electron chi connectivity index (χ3n) is 10.4. The third-order valence-corrected chi connectivity index (χ3v) is 11.1. The van der Waals surface area contributed by atoms with Gasteiger partial charge in [-0.05, 0) is 74.6 Å². The molecule has 2 bridgehead atoms. The lowest BCUT2D eigenvalue weighted by Gasteiger charge is -2.35. The second-order valence-electron chi connectivity index (χ2n) is 13.0. The summed E-state index contributed by atoms with van der Waals surface area (Å²) in [5.41, 5.74) is 4.22. The van der Waals surface area contributed by atoms with Crippen molar-refractivity contribution in [2.75, 3.05) is 31.1 Å². The maximum atomic E-state index is 14.4. The highest BCUT2D eigenvalue weighted by Gasteiger charge is 2.49. The van der Waals surface area contributed by atoms with E-state index in [0.29, 0.717) is 50.1 Å². The van der Waals surface area contributed by atoms with Crippen LogP contribution in [0.25, 0.3) is 10.8 Å². The van der Waals surface area contributed by atoms with Crippen molar-refractivity contribution >= 4 is 32.4 Å². The first-order chi connectivity index (χ1) is 19.9. The Morgan fingerprint density at radius 1 is 1.15 bits per heavy atom. The number of aromatic hydroxyl groups is 1. The molecule has 216 valence electrons. The van der Waals surface area contributed by atoms with Crippen LogP contribution in [0.5, 0.6) is 11.8 Å². The number of nitrogens with one attached hydrogen (secondary N) is 1. The van der Waals surface area contributed by atoms with Crippen molar-refractivity contribution in [2.45, 2.75) is 87.6 Å². The molecule has 9 heteroatoms. The van der Waals surface area contributed by atoms with Crippen molar-refractivity contribution in [2.24, 2.45) is 0 Å². The molecule has 0 radical (unpaired) electrons. The molecular formula is C32H37BrFN5O2. The Bertz CT molecular complexity index is 1490. The molecule has 0 spiro atoms. The number of fused-ring (bicyclic) bond motifs is 5. The van der Waals surface area contributed by atoms with E-state index in [0.717, 1.165) is 71.8 Å². The van der Waals surface area contributed by atoms with Gasteiger partial charge in [0.25, 0.3) is 0 Å². The van der Waals surface area contributed by atoms with Gasteiger partial charge in [0.2, 0.25) is 0 Å². The smallest absolute Gasteiger partial charge is 0.316 e. The molecule has 4 fully saturated rings. The Labute approximate surface area is 248 Å². The highest BCUT2D eigenvalue weighted by Crippen LogP contribution is 2.43. The van der Waals surface area contributed by atoms with E-state index in [1.807, 2.05) is 24.3 Å². The van der Waals surface area contributed by atoms with Gasteiger partial charge in [-0.2, -0.15) is 9.97 Å². The summed E-state index contributed by atoms with van der Waals surface area (Å²) >= 11 is 3.75. The molecule has 0 aliphatic carbocycles. The minimum Gasteiger partial charge on any atom is -0.508 e. The zero-order valence-corrected chi connectivity index (χ0v) is 24.9. The van der Waals surface area contributed by atoms with Gasteiger partial charge in [0.05, 0.1) is 23.5 Å². The third kappa shape index (κ3) is 4.59. The fourth-order valence-electron chi connectivity index (χ4n) is 8.57. The van der Waals surface area contributed by atoms with Crippen LogP contribution in [0.4, 0.5) is 10.1 Å². The average Bonchev–Trinajstić information content (AvgIpc) is 3.61. The number of aromatic nitrogens is 2. The van der Waals surface area contributed by atoms with E-state index in [1.165, 1.54) is 24.1 Å². The topological polar surface area (TPSA) is 73.8 Å². The number of alkyl halides is 1. The van der Waals surface area contributed by atoms with Crippen molar-refractivity contribution in [3.63, 3.8) is 0 Å². The Hall–Kier alpha value is -2.49. The molecule has 3 aromatic rings. The molecule has 5 atom stereocenters. The number of benzene rings is 2. The van der Waals surface area contributed by atoms with E-state index in [-0.39, 0.29) is 11.3 Å². The number of phenols is 1. The summed E-state index contributed by atoms with van der Waals surface area (Å²) in [6.45, 7) is 3.36. The van der Waals surface area contributed by atoms with Gasteiger partial charge < -0.3 is 20.1 Å². The molecule has 1 aromatic heterocycles. The summed E-state index contributed by atoms with van der Waals surface area (Å²) in [5.74, 6) is 0.662. The SMILES string of the molecule is Oc1cc(N2CCc3c(nc(OC[C@@]45CCCN4C[C@H](F)C5)nc3C3C[C@H]4CC[C@@H](C3)N4)C2)c2c(Br)cccc2c1. The van der Waals surface area contributed by atoms with Crippen molar-refractivity contribution in [1.82, 2.24) is 20.2 Å². The largest absolute Gasteiger partial charge is 0.508 e. The number of hydrogen-bond donors (Lipinski definition) is 2. The standard InChI is InChI=1S/C32H37BrFN5O2/c33-26-4-1-3-19-13-24(40)14-28(29(19)26)38-10-7-25-27(17-38)36-31(37-30(25)20-11-22-5-6-23(12-20)35-22)41-18-32-8-2-9-39(32)16-21(34)15-32/h1,3-4,13-14,20-23,35,40H,2,5-12,15-18H2/t20?,21-,22-,23+,32+/m1/s1.